The van der Waals surface area contributed by atoms with Crippen LogP contribution in [0, 0.1) is 14.9 Å². The van der Waals surface area contributed by atoms with Crippen molar-refractivity contribution in [3.05, 3.63) is 21.0 Å². The smallest absolute Gasteiger partial charge is 0 e. The van der Waals surface area contributed by atoms with E-state index in [-0.39, 0.29) is 40.5 Å². The van der Waals surface area contributed by atoms with Crippen LogP contribution in [0.15, 0.2) is 0 Å². The molecule has 0 aromatic rings. The molecule has 0 bridgehead atoms. The Morgan fingerprint density at radius 1 is 0.750 bits per heavy atom. The van der Waals surface area contributed by atoms with Gasteiger partial charge in [0.1, 0.15) is 0 Å². The molecule has 0 atom stereocenters. The van der Waals surface area contributed by atoms with Crippen LogP contribution in [0.3, 0.4) is 0 Å². The predicted octanol–water partition coefficient (Wildman–Crippen LogP) is 1.62. The molecule has 0 rings (SSSR count). The SMILES string of the molecule is [CH3-].[CH3-].[NH2-].[Zn]. The van der Waals surface area contributed by atoms with E-state index < -0.39 is 0 Å². The molecule has 4 heavy (non-hydrogen) atoms. The van der Waals surface area contributed by atoms with Gasteiger partial charge in [-0.3, -0.25) is 0 Å². The number of hydrogen-bond acceptors (Lipinski definition) is 0. The Morgan fingerprint density at radius 2 is 0.750 bits per heavy atom. The van der Waals surface area contributed by atoms with E-state index in [1.165, 1.54) is 0 Å². The van der Waals surface area contributed by atoms with Crippen LogP contribution in [0.25, 0.3) is 6.15 Å². The summed E-state index contributed by atoms with van der Waals surface area (Å²) in [5, 5.41) is 0. The first-order valence-electron chi connectivity index (χ1n) is 0. The molecular weight excluding hydrogens is 103 g/mol. The van der Waals surface area contributed by atoms with Gasteiger partial charge in [-0.15, -0.1) is 0 Å². The molecule has 0 aliphatic heterocycles. The van der Waals surface area contributed by atoms with Crippen LogP contribution in [-0.4, -0.2) is 0 Å². The Morgan fingerprint density at radius 3 is 0.750 bits per heavy atom. The second kappa shape index (κ2) is 70.3. The molecular formula is C2H8NZn-3. The molecule has 0 aliphatic rings. The van der Waals surface area contributed by atoms with Crippen molar-refractivity contribution in [1.82, 2.24) is 0 Å². The van der Waals surface area contributed by atoms with Crippen molar-refractivity contribution in [3.8, 4) is 0 Å². The number of nitrogens with two attached hydrogens (primary N) is 1. The Hall–Kier alpha value is 0.583. The molecule has 0 radical (unpaired) electrons. The monoisotopic (exact) mass is 110 g/mol. The van der Waals surface area contributed by atoms with E-state index in [0.717, 1.165) is 0 Å². The normalized spacial score (nSPS) is 0. The van der Waals surface area contributed by atoms with Crippen molar-refractivity contribution in [2.45, 2.75) is 0 Å². The van der Waals surface area contributed by atoms with Crippen molar-refractivity contribution in [1.29, 1.82) is 0 Å². The van der Waals surface area contributed by atoms with E-state index >= 15 is 0 Å². The molecule has 0 unspecified atom stereocenters. The second-order valence-corrected chi connectivity index (χ2v) is 0. The Kier molecular flexibility index (Phi) is 3040. The first kappa shape index (κ1) is 173. The fourth-order valence-electron chi connectivity index (χ4n) is 0. The summed E-state index contributed by atoms with van der Waals surface area (Å²) in [6.07, 6.45) is 0. The molecule has 2 heteroatoms. The molecule has 0 saturated carbocycles. The van der Waals surface area contributed by atoms with Crippen molar-refractivity contribution >= 4 is 0 Å². The average molecular weight is 111 g/mol. The standard InChI is InChI=1S/2CH3.H2N.Zn/h2*1H3;1H2;/q3*-1;. The first-order chi connectivity index (χ1) is 0. The zero-order chi connectivity index (χ0) is 0. The van der Waals surface area contributed by atoms with Gasteiger partial charge in [0, 0.05) is 19.5 Å². The minimum Gasteiger partial charge on any atom is -0.693 e. The summed E-state index contributed by atoms with van der Waals surface area (Å²) in [7, 11) is 0. The van der Waals surface area contributed by atoms with Gasteiger partial charge in [-0.1, -0.05) is 0 Å². The van der Waals surface area contributed by atoms with Crippen LogP contribution in [-0.2, 0) is 19.5 Å². The molecule has 1 nitrogen and oxygen atoms in total. The largest absolute Gasteiger partial charge is 0.693 e. The fourth-order valence-corrected chi connectivity index (χ4v) is 0. The average Bonchev–Trinajstić information content (AvgIpc) is 0. The second-order valence-electron chi connectivity index (χ2n) is 0. The van der Waals surface area contributed by atoms with Crippen molar-refractivity contribution in [2.75, 3.05) is 0 Å². The number of rotatable bonds is 0. The van der Waals surface area contributed by atoms with Crippen LogP contribution in [0.1, 0.15) is 0 Å². The van der Waals surface area contributed by atoms with E-state index in [4.69, 9.17) is 0 Å². The molecule has 0 spiro atoms. The van der Waals surface area contributed by atoms with Gasteiger partial charge in [0.05, 0.1) is 0 Å². The van der Waals surface area contributed by atoms with Crippen LogP contribution >= 0.6 is 0 Å². The molecule has 0 aromatic carbocycles. The van der Waals surface area contributed by atoms with Crippen LogP contribution in [0.4, 0.5) is 0 Å². The van der Waals surface area contributed by atoms with Crippen molar-refractivity contribution < 1.29 is 19.5 Å². The third-order valence-electron chi connectivity index (χ3n) is 0. The van der Waals surface area contributed by atoms with E-state index in [1.54, 1.807) is 0 Å². The topological polar surface area (TPSA) is 33.5 Å². The third kappa shape index (κ3) is 19.0. The maximum absolute atomic E-state index is 0. The molecule has 0 fully saturated rings. The molecule has 0 aliphatic carbocycles. The summed E-state index contributed by atoms with van der Waals surface area (Å²) >= 11 is 0. The molecule has 0 aromatic heterocycles. The van der Waals surface area contributed by atoms with Gasteiger partial charge in [0.2, 0.25) is 0 Å². The predicted molar refractivity (Wildman–Crippen MR) is 18.1 cm³/mol. The molecule has 0 heterocycles. The van der Waals surface area contributed by atoms with E-state index in [2.05, 4.69) is 0 Å². The third-order valence-corrected chi connectivity index (χ3v) is 0. The minimum absolute atomic E-state index is 0. The van der Waals surface area contributed by atoms with Crippen molar-refractivity contribution in [2.24, 2.45) is 0 Å². The van der Waals surface area contributed by atoms with Gasteiger partial charge in [0.25, 0.3) is 0 Å². The van der Waals surface area contributed by atoms with Gasteiger partial charge in [-0.25, -0.2) is 0 Å². The van der Waals surface area contributed by atoms with Gasteiger partial charge in [-0.05, 0) is 0 Å². The quantitative estimate of drug-likeness (QED) is 0.336. The van der Waals surface area contributed by atoms with E-state index in [0.29, 0.717) is 0 Å². The van der Waals surface area contributed by atoms with Crippen LogP contribution in [0.2, 0.25) is 0 Å². The maximum atomic E-state index is 0. The Labute approximate surface area is 41.1 Å². The van der Waals surface area contributed by atoms with Gasteiger partial charge < -0.3 is 21.0 Å². The molecule has 2 N–H and O–H groups in total. The summed E-state index contributed by atoms with van der Waals surface area (Å²) in [6.45, 7) is 0. The zero-order valence-corrected chi connectivity index (χ0v) is 6.25. The Bertz CT molecular complexity index is 6.00. The molecule has 0 amide bonds. The zero-order valence-electron chi connectivity index (χ0n) is 3.28. The minimum atomic E-state index is 0. The fraction of sp³-hybridized carbons (Fsp3) is 0. The number of hydrogen-bond donors (Lipinski definition) is 0. The van der Waals surface area contributed by atoms with Gasteiger partial charge >= 0.3 is 0 Å². The van der Waals surface area contributed by atoms with Crippen molar-refractivity contribution in [3.63, 3.8) is 0 Å². The first-order valence-corrected chi connectivity index (χ1v) is 0. The summed E-state index contributed by atoms with van der Waals surface area (Å²) in [4.78, 5) is 0. The van der Waals surface area contributed by atoms with Crippen LogP contribution in [0.5, 0.6) is 0 Å². The maximum Gasteiger partial charge on any atom is 0 e. The van der Waals surface area contributed by atoms with E-state index in [9.17, 15) is 0 Å². The molecule has 26 valence electrons. The molecule has 0 saturated heterocycles. The summed E-state index contributed by atoms with van der Waals surface area (Å²) < 4.78 is 0. The Balaban J connectivity index is 0. The van der Waals surface area contributed by atoms with Crippen LogP contribution < -0.4 is 0 Å². The van der Waals surface area contributed by atoms with E-state index in [1.807, 2.05) is 0 Å². The summed E-state index contributed by atoms with van der Waals surface area (Å²) in [5.74, 6) is 0. The van der Waals surface area contributed by atoms with Gasteiger partial charge in [-0.2, -0.15) is 0 Å². The van der Waals surface area contributed by atoms with Gasteiger partial charge in [0.15, 0.2) is 0 Å². The summed E-state index contributed by atoms with van der Waals surface area (Å²) in [6, 6.07) is 0. The summed E-state index contributed by atoms with van der Waals surface area (Å²) in [5.41, 5.74) is 0.